The number of hydrogen-bond acceptors (Lipinski definition) is 7. The van der Waals surface area contributed by atoms with E-state index in [0.717, 1.165) is 28.5 Å². The lowest BCUT2D eigenvalue weighted by molar-refractivity contribution is 0.391. The summed E-state index contributed by atoms with van der Waals surface area (Å²) in [7, 11) is 1.58. The molecule has 0 saturated carbocycles. The first-order valence-electron chi connectivity index (χ1n) is 10.7. The molecule has 0 saturated heterocycles. The summed E-state index contributed by atoms with van der Waals surface area (Å²) in [6.07, 6.45) is 10.2. The minimum atomic E-state index is 0.595. The standard InChI is InChI=1S/C6H8N2O.2C6H8N2.3C2H6/c1-5-6(9-2)8-4-3-7-5;1-5-3-8-6(2)4-7-5;1-5-3-7-4-6(2)8-5;3*1-2/h3-4H,1-2H3;2*3-4H,1-2H3;3*1-2H3. The van der Waals surface area contributed by atoms with Crippen molar-refractivity contribution < 1.29 is 4.74 Å². The Hall–Kier alpha value is -2.96. The molecular formula is C24H42N6O. The first-order valence-corrected chi connectivity index (χ1v) is 10.7. The third kappa shape index (κ3) is 18.8. The van der Waals surface area contributed by atoms with Crippen LogP contribution in [0.5, 0.6) is 5.88 Å². The second-order valence-corrected chi connectivity index (χ2v) is 5.25. The number of ether oxygens (including phenoxy) is 1. The van der Waals surface area contributed by atoms with Crippen LogP contribution in [0.4, 0.5) is 0 Å². The molecule has 3 aromatic rings. The van der Waals surface area contributed by atoms with E-state index < -0.39 is 0 Å². The summed E-state index contributed by atoms with van der Waals surface area (Å²) in [6.45, 7) is 21.6. The zero-order valence-electron chi connectivity index (χ0n) is 21.6. The molecule has 0 bridgehead atoms. The van der Waals surface area contributed by atoms with Gasteiger partial charge >= 0.3 is 0 Å². The highest BCUT2D eigenvalue weighted by Crippen LogP contribution is 2.06. The molecule has 3 aromatic heterocycles. The van der Waals surface area contributed by atoms with Crippen LogP contribution in [0.2, 0.25) is 0 Å². The third-order valence-electron chi connectivity index (χ3n) is 2.81. The van der Waals surface area contributed by atoms with Crippen LogP contribution in [0.15, 0.2) is 37.2 Å². The van der Waals surface area contributed by atoms with E-state index in [1.165, 1.54) is 0 Å². The molecule has 0 amide bonds. The van der Waals surface area contributed by atoms with Crippen LogP contribution >= 0.6 is 0 Å². The zero-order chi connectivity index (χ0) is 24.7. The van der Waals surface area contributed by atoms with E-state index in [9.17, 15) is 0 Å². The van der Waals surface area contributed by atoms with Crippen molar-refractivity contribution >= 4 is 0 Å². The van der Waals surface area contributed by atoms with E-state index in [2.05, 4.69) is 29.9 Å². The summed E-state index contributed by atoms with van der Waals surface area (Å²) in [5.74, 6) is 0.595. The molecule has 3 rings (SSSR count). The molecular weight excluding hydrogens is 388 g/mol. The molecule has 3 heterocycles. The molecule has 0 aliphatic carbocycles. The summed E-state index contributed by atoms with van der Waals surface area (Å²) < 4.78 is 4.87. The summed E-state index contributed by atoms with van der Waals surface area (Å²) in [5, 5.41) is 0. The highest BCUT2D eigenvalue weighted by Gasteiger charge is 1.94. The maximum absolute atomic E-state index is 4.87. The fraction of sp³-hybridized carbons (Fsp3) is 0.500. The van der Waals surface area contributed by atoms with E-state index >= 15 is 0 Å². The number of aromatic nitrogens is 6. The zero-order valence-corrected chi connectivity index (χ0v) is 21.6. The van der Waals surface area contributed by atoms with Crippen LogP contribution in [0.1, 0.15) is 70.0 Å². The summed E-state index contributed by atoms with van der Waals surface area (Å²) in [6, 6.07) is 0. The van der Waals surface area contributed by atoms with Gasteiger partial charge in [-0.3, -0.25) is 24.9 Å². The van der Waals surface area contributed by atoms with Gasteiger partial charge in [0.15, 0.2) is 0 Å². The molecule has 0 N–H and O–H groups in total. The number of hydrogen-bond donors (Lipinski definition) is 0. The Labute approximate surface area is 189 Å². The quantitative estimate of drug-likeness (QED) is 0.464. The van der Waals surface area contributed by atoms with E-state index in [1.54, 1.807) is 44.3 Å². The number of nitrogens with zero attached hydrogens (tertiary/aromatic N) is 6. The van der Waals surface area contributed by atoms with Crippen molar-refractivity contribution in [3.63, 3.8) is 0 Å². The van der Waals surface area contributed by atoms with Gasteiger partial charge in [0.2, 0.25) is 5.88 Å². The van der Waals surface area contributed by atoms with Crippen molar-refractivity contribution in [2.75, 3.05) is 7.11 Å². The predicted octanol–water partition coefficient (Wildman–Crippen LogP) is 6.06. The summed E-state index contributed by atoms with van der Waals surface area (Å²) >= 11 is 0. The molecule has 7 nitrogen and oxygen atoms in total. The monoisotopic (exact) mass is 430 g/mol. The van der Waals surface area contributed by atoms with Gasteiger partial charge in [0.1, 0.15) is 0 Å². The molecule has 0 spiro atoms. The Bertz CT molecular complexity index is 726. The van der Waals surface area contributed by atoms with Crippen molar-refractivity contribution in [2.45, 2.75) is 76.2 Å². The lowest BCUT2D eigenvalue weighted by Crippen LogP contribution is -1.91. The van der Waals surface area contributed by atoms with Crippen molar-refractivity contribution in [1.82, 2.24) is 29.9 Å². The third-order valence-corrected chi connectivity index (χ3v) is 2.81. The van der Waals surface area contributed by atoms with Crippen LogP contribution in [0.25, 0.3) is 0 Å². The molecule has 0 radical (unpaired) electrons. The summed E-state index contributed by atoms with van der Waals surface area (Å²) in [4.78, 5) is 23.9. The fourth-order valence-electron chi connectivity index (χ4n) is 1.64. The molecule has 7 heteroatoms. The first kappa shape index (κ1) is 32.7. The second-order valence-electron chi connectivity index (χ2n) is 5.25. The molecule has 174 valence electrons. The predicted molar refractivity (Wildman–Crippen MR) is 130 cm³/mol. The van der Waals surface area contributed by atoms with E-state index in [4.69, 9.17) is 4.74 Å². The van der Waals surface area contributed by atoms with Crippen LogP contribution in [-0.2, 0) is 0 Å². The lowest BCUT2D eigenvalue weighted by Gasteiger charge is -1.98. The Morgan fingerprint density at radius 1 is 0.548 bits per heavy atom. The van der Waals surface area contributed by atoms with Crippen molar-refractivity contribution in [1.29, 1.82) is 0 Å². The van der Waals surface area contributed by atoms with Crippen molar-refractivity contribution in [3.8, 4) is 5.88 Å². The Morgan fingerprint density at radius 3 is 1.23 bits per heavy atom. The molecule has 0 unspecified atom stereocenters. The number of methoxy groups -OCH3 is 1. The van der Waals surface area contributed by atoms with Gasteiger partial charge in [-0.05, 0) is 34.6 Å². The largest absolute Gasteiger partial charge is 0.480 e. The second kappa shape index (κ2) is 23.3. The Kier molecular flexibility index (Phi) is 24.6. The summed E-state index contributed by atoms with van der Waals surface area (Å²) in [5.41, 5.74) is 4.71. The van der Waals surface area contributed by atoms with Crippen LogP contribution < -0.4 is 4.74 Å². The molecule has 0 aromatic carbocycles. The first-order chi connectivity index (χ1) is 14.9. The van der Waals surface area contributed by atoms with Crippen LogP contribution in [0.3, 0.4) is 0 Å². The molecule has 31 heavy (non-hydrogen) atoms. The van der Waals surface area contributed by atoms with Gasteiger partial charge < -0.3 is 4.74 Å². The lowest BCUT2D eigenvalue weighted by atomic mass is 10.4. The molecule has 0 atom stereocenters. The van der Waals surface area contributed by atoms with Crippen molar-refractivity contribution in [3.05, 3.63) is 65.7 Å². The van der Waals surface area contributed by atoms with Gasteiger partial charge in [0.05, 0.1) is 35.6 Å². The highest BCUT2D eigenvalue weighted by atomic mass is 16.5. The maximum atomic E-state index is 4.87. The average Bonchev–Trinajstić information content (AvgIpc) is 2.81. The SMILES string of the molecule is CC.CC.CC.COc1nccnc1C.Cc1cnc(C)cn1.Cc1cncc(C)n1. The van der Waals surface area contributed by atoms with E-state index in [0.29, 0.717) is 5.88 Å². The van der Waals surface area contributed by atoms with Gasteiger partial charge in [0, 0.05) is 37.2 Å². The maximum Gasteiger partial charge on any atom is 0.235 e. The van der Waals surface area contributed by atoms with Gasteiger partial charge in [-0.2, -0.15) is 0 Å². The highest BCUT2D eigenvalue weighted by molar-refractivity contribution is 5.14. The van der Waals surface area contributed by atoms with Crippen LogP contribution in [0, 0.1) is 34.6 Å². The van der Waals surface area contributed by atoms with E-state index in [-0.39, 0.29) is 0 Å². The topological polar surface area (TPSA) is 86.6 Å². The van der Waals surface area contributed by atoms with Crippen molar-refractivity contribution in [2.24, 2.45) is 0 Å². The fourth-order valence-corrected chi connectivity index (χ4v) is 1.64. The number of aryl methyl sites for hydroxylation is 5. The minimum Gasteiger partial charge on any atom is -0.480 e. The molecule has 0 aliphatic heterocycles. The smallest absolute Gasteiger partial charge is 0.235 e. The molecule has 0 aliphatic rings. The Balaban J connectivity index is -0.000000338. The van der Waals surface area contributed by atoms with Crippen LogP contribution in [-0.4, -0.2) is 37.0 Å². The normalized spacial score (nSPS) is 8.00. The van der Waals surface area contributed by atoms with E-state index in [1.807, 2.05) is 76.2 Å². The Morgan fingerprint density at radius 2 is 0.968 bits per heavy atom. The number of rotatable bonds is 1. The van der Waals surface area contributed by atoms with Gasteiger partial charge in [-0.15, -0.1) is 0 Å². The van der Waals surface area contributed by atoms with Gasteiger partial charge in [0.25, 0.3) is 0 Å². The van der Waals surface area contributed by atoms with Gasteiger partial charge in [-0.1, -0.05) is 41.5 Å². The molecule has 0 fully saturated rings. The minimum absolute atomic E-state index is 0.595. The average molecular weight is 431 g/mol. The van der Waals surface area contributed by atoms with Gasteiger partial charge in [-0.25, -0.2) is 4.98 Å².